The minimum atomic E-state index is -0.863. The fraction of sp³-hybridized carbons (Fsp3) is 0.769. The lowest BCUT2D eigenvalue weighted by molar-refractivity contribution is -0.138. The molecule has 0 aromatic heterocycles. The van der Waals surface area contributed by atoms with Gasteiger partial charge in [-0.2, -0.15) is 0 Å². The van der Waals surface area contributed by atoms with Crippen molar-refractivity contribution in [1.82, 2.24) is 0 Å². The minimum Gasteiger partial charge on any atom is -0.499 e. The standard InChI is InChI=1S/C13H24O7/c1-2-16-5-6-18-9-10-20-12-11-19-8-7-17-4-3-13(14)15/h2H,1,3-12H2,(H,14,15). The Morgan fingerprint density at radius 3 is 1.60 bits per heavy atom. The lowest BCUT2D eigenvalue weighted by Gasteiger charge is -2.07. The van der Waals surface area contributed by atoms with Gasteiger partial charge in [-0.1, -0.05) is 6.58 Å². The van der Waals surface area contributed by atoms with Crippen molar-refractivity contribution in [2.45, 2.75) is 6.42 Å². The Morgan fingerprint density at radius 2 is 1.20 bits per heavy atom. The van der Waals surface area contributed by atoms with Crippen molar-refractivity contribution in [2.75, 3.05) is 59.5 Å². The van der Waals surface area contributed by atoms with Crippen molar-refractivity contribution in [3.8, 4) is 0 Å². The summed E-state index contributed by atoms with van der Waals surface area (Å²) >= 11 is 0. The molecule has 7 heteroatoms. The van der Waals surface area contributed by atoms with Gasteiger partial charge in [0.2, 0.25) is 0 Å². The summed E-state index contributed by atoms with van der Waals surface area (Å²) in [5.74, 6) is -0.863. The number of carbonyl (C=O) groups is 1. The summed E-state index contributed by atoms with van der Waals surface area (Å²) in [6, 6.07) is 0. The van der Waals surface area contributed by atoms with Gasteiger partial charge in [0.15, 0.2) is 0 Å². The zero-order valence-electron chi connectivity index (χ0n) is 11.8. The van der Waals surface area contributed by atoms with Crippen LogP contribution in [0.5, 0.6) is 0 Å². The number of hydrogen-bond donors (Lipinski definition) is 1. The van der Waals surface area contributed by atoms with Gasteiger partial charge in [0.1, 0.15) is 6.61 Å². The number of carboxylic acid groups (broad SMARTS) is 1. The van der Waals surface area contributed by atoms with Crippen LogP contribution in [0.25, 0.3) is 0 Å². The first-order chi connectivity index (χ1) is 9.77. The fourth-order valence-corrected chi connectivity index (χ4v) is 1.11. The van der Waals surface area contributed by atoms with Crippen LogP contribution in [0.1, 0.15) is 6.42 Å². The number of ether oxygens (including phenoxy) is 5. The molecule has 0 aromatic carbocycles. The zero-order valence-corrected chi connectivity index (χ0v) is 11.8. The van der Waals surface area contributed by atoms with Gasteiger partial charge >= 0.3 is 5.97 Å². The van der Waals surface area contributed by atoms with E-state index in [0.29, 0.717) is 52.9 Å². The van der Waals surface area contributed by atoms with Crippen molar-refractivity contribution in [3.63, 3.8) is 0 Å². The van der Waals surface area contributed by atoms with E-state index in [1.54, 1.807) is 0 Å². The number of carboxylic acids is 1. The van der Waals surface area contributed by atoms with E-state index >= 15 is 0 Å². The predicted molar refractivity (Wildman–Crippen MR) is 71.7 cm³/mol. The van der Waals surface area contributed by atoms with Crippen LogP contribution in [-0.2, 0) is 28.5 Å². The molecule has 0 heterocycles. The molecule has 1 N–H and O–H groups in total. The van der Waals surface area contributed by atoms with Crippen LogP contribution in [0.15, 0.2) is 12.8 Å². The van der Waals surface area contributed by atoms with Gasteiger partial charge < -0.3 is 28.8 Å². The Labute approximate surface area is 119 Å². The molecule has 0 aliphatic heterocycles. The summed E-state index contributed by atoms with van der Waals surface area (Å²) in [6.45, 7) is 7.43. The molecule has 0 aromatic rings. The maximum absolute atomic E-state index is 10.2. The van der Waals surface area contributed by atoms with Gasteiger partial charge in [-0.25, -0.2) is 0 Å². The monoisotopic (exact) mass is 292 g/mol. The molecule has 0 atom stereocenters. The SMILES string of the molecule is C=COCCOCCOCCOCCOCCC(=O)O. The summed E-state index contributed by atoms with van der Waals surface area (Å²) in [5, 5.41) is 8.37. The van der Waals surface area contributed by atoms with E-state index < -0.39 is 5.97 Å². The average Bonchev–Trinajstić information content (AvgIpc) is 2.43. The molecule has 0 spiro atoms. The molecule has 0 rings (SSSR count). The van der Waals surface area contributed by atoms with Gasteiger partial charge in [0, 0.05) is 0 Å². The third-order valence-electron chi connectivity index (χ3n) is 2.04. The highest BCUT2D eigenvalue weighted by Crippen LogP contribution is 1.85. The Hall–Kier alpha value is -1.15. The van der Waals surface area contributed by atoms with E-state index in [-0.39, 0.29) is 13.0 Å². The van der Waals surface area contributed by atoms with E-state index in [1.165, 1.54) is 6.26 Å². The topological polar surface area (TPSA) is 83.5 Å². The Kier molecular flexibility index (Phi) is 15.0. The summed E-state index contributed by atoms with van der Waals surface area (Å²) in [5.41, 5.74) is 0. The molecule has 0 unspecified atom stereocenters. The van der Waals surface area contributed by atoms with E-state index in [9.17, 15) is 4.79 Å². The second-order valence-corrected chi connectivity index (χ2v) is 3.63. The van der Waals surface area contributed by atoms with Gasteiger partial charge in [0.05, 0.1) is 65.5 Å². The highest BCUT2D eigenvalue weighted by molar-refractivity contribution is 5.66. The average molecular weight is 292 g/mol. The van der Waals surface area contributed by atoms with E-state index in [1.807, 2.05) is 0 Å². The summed E-state index contributed by atoms with van der Waals surface area (Å²) in [4.78, 5) is 10.2. The van der Waals surface area contributed by atoms with E-state index in [4.69, 9.17) is 28.8 Å². The van der Waals surface area contributed by atoms with Crippen molar-refractivity contribution in [2.24, 2.45) is 0 Å². The molecule has 0 saturated carbocycles. The fourth-order valence-electron chi connectivity index (χ4n) is 1.11. The first kappa shape index (κ1) is 18.9. The van der Waals surface area contributed by atoms with E-state index in [0.717, 1.165) is 0 Å². The molecule has 20 heavy (non-hydrogen) atoms. The summed E-state index contributed by atoms with van der Waals surface area (Å²) in [7, 11) is 0. The molecular weight excluding hydrogens is 268 g/mol. The Balaban J connectivity index is 2.95. The van der Waals surface area contributed by atoms with Gasteiger partial charge in [0.25, 0.3) is 0 Å². The molecule has 0 bridgehead atoms. The van der Waals surface area contributed by atoms with Crippen molar-refractivity contribution in [3.05, 3.63) is 12.8 Å². The molecule has 0 amide bonds. The third-order valence-corrected chi connectivity index (χ3v) is 2.04. The highest BCUT2D eigenvalue weighted by Gasteiger charge is 1.96. The predicted octanol–water partition coefficient (Wildman–Crippen LogP) is 0.688. The van der Waals surface area contributed by atoms with Crippen LogP contribution >= 0.6 is 0 Å². The molecule has 0 fully saturated rings. The van der Waals surface area contributed by atoms with Crippen LogP contribution in [-0.4, -0.2) is 70.5 Å². The molecule has 7 nitrogen and oxygen atoms in total. The van der Waals surface area contributed by atoms with Gasteiger partial charge in [-0.05, 0) is 0 Å². The molecule has 0 saturated heterocycles. The molecule has 0 radical (unpaired) electrons. The van der Waals surface area contributed by atoms with Gasteiger partial charge in [-0.3, -0.25) is 4.79 Å². The second kappa shape index (κ2) is 15.9. The third kappa shape index (κ3) is 16.9. The van der Waals surface area contributed by atoms with E-state index in [2.05, 4.69) is 6.58 Å². The molecule has 118 valence electrons. The van der Waals surface area contributed by atoms with Crippen molar-refractivity contribution >= 4 is 5.97 Å². The maximum Gasteiger partial charge on any atom is 0.305 e. The lowest BCUT2D eigenvalue weighted by Crippen LogP contribution is -2.13. The zero-order chi connectivity index (χ0) is 14.9. The van der Waals surface area contributed by atoms with Crippen LogP contribution in [0, 0.1) is 0 Å². The number of aliphatic carboxylic acids is 1. The summed E-state index contributed by atoms with van der Waals surface area (Å²) in [6.07, 6.45) is 1.39. The van der Waals surface area contributed by atoms with Crippen molar-refractivity contribution in [1.29, 1.82) is 0 Å². The van der Waals surface area contributed by atoms with Crippen LogP contribution in [0.3, 0.4) is 0 Å². The highest BCUT2D eigenvalue weighted by atomic mass is 16.6. The van der Waals surface area contributed by atoms with Crippen LogP contribution < -0.4 is 0 Å². The largest absolute Gasteiger partial charge is 0.499 e. The maximum atomic E-state index is 10.2. The van der Waals surface area contributed by atoms with Crippen molar-refractivity contribution < 1.29 is 33.6 Å². The molecule has 0 aliphatic carbocycles. The second-order valence-electron chi connectivity index (χ2n) is 3.63. The number of rotatable bonds is 16. The lowest BCUT2D eigenvalue weighted by atomic mass is 10.5. The first-order valence-electron chi connectivity index (χ1n) is 6.52. The normalized spacial score (nSPS) is 10.4. The Bertz CT molecular complexity index is 233. The Morgan fingerprint density at radius 1 is 0.800 bits per heavy atom. The van der Waals surface area contributed by atoms with Crippen LogP contribution in [0.4, 0.5) is 0 Å². The van der Waals surface area contributed by atoms with Crippen LogP contribution in [0.2, 0.25) is 0 Å². The first-order valence-corrected chi connectivity index (χ1v) is 6.52. The minimum absolute atomic E-state index is 0.0148. The summed E-state index contributed by atoms with van der Waals surface area (Å²) < 4.78 is 25.7. The number of hydrogen-bond acceptors (Lipinski definition) is 6. The quantitative estimate of drug-likeness (QED) is 0.331. The smallest absolute Gasteiger partial charge is 0.305 e. The molecular formula is C13H24O7. The van der Waals surface area contributed by atoms with Gasteiger partial charge in [-0.15, -0.1) is 0 Å². The molecule has 0 aliphatic rings.